The highest BCUT2D eigenvalue weighted by Gasteiger charge is 2.33. The second-order valence-corrected chi connectivity index (χ2v) is 11.1. The maximum atomic E-state index is 13.0. The first kappa shape index (κ1) is 25.9. The van der Waals surface area contributed by atoms with Crippen molar-refractivity contribution >= 4 is 39.9 Å². The quantitative estimate of drug-likeness (QED) is 0.405. The predicted octanol–water partition coefficient (Wildman–Crippen LogP) is 4.27. The summed E-state index contributed by atoms with van der Waals surface area (Å²) in [5.41, 5.74) is 1.30. The zero-order valence-corrected chi connectivity index (χ0v) is 22.3. The van der Waals surface area contributed by atoms with E-state index in [0.717, 1.165) is 62.7 Å². The van der Waals surface area contributed by atoms with Gasteiger partial charge in [-0.1, -0.05) is 18.5 Å². The van der Waals surface area contributed by atoms with Crippen molar-refractivity contribution in [1.29, 1.82) is 0 Å². The van der Waals surface area contributed by atoms with Gasteiger partial charge in [0, 0.05) is 55.4 Å². The van der Waals surface area contributed by atoms with E-state index in [-0.39, 0.29) is 16.2 Å². The van der Waals surface area contributed by atoms with E-state index >= 15 is 0 Å². The van der Waals surface area contributed by atoms with E-state index < -0.39 is 6.03 Å². The molecule has 0 aliphatic carbocycles. The molecule has 2 aromatic heterocycles. The number of aromatic nitrogens is 3. The van der Waals surface area contributed by atoms with E-state index in [1.54, 1.807) is 16.8 Å². The van der Waals surface area contributed by atoms with Crippen LogP contribution in [0.2, 0.25) is 5.02 Å². The van der Waals surface area contributed by atoms with Gasteiger partial charge in [-0.2, -0.15) is 5.10 Å². The number of hydrogen-bond acceptors (Lipinski definition) is 8. The maximum absolute atomic E-state index is 13.0. The van der Waals surface area contributed by atoms with E-state index in [9.17, 15) is 9.90 Å². The Morgan fingerprint density at radius 3 is 2.68 bits per heavy atom. The molecule has 0 radical (unpaired) electrons. The van der Waals surface area contributed by atoms with Crippen molar-refractivity contribution in [3.63, 3.8) is 0 Å². The standard InChI is InChI=1S/C25H31ClN6O4S/c1-25(5-10-35-11-6-25)21-15-22(32(30-21)17-2-3-20(33)19(26)14-17)28-23(34)29-24-27-16-18(37-24)4-7-31-8-12-36-13-9-31/h2-3,14-16,33H,4-13H2,1H3,(H2,27,28,29,34). The summed E-state index contributed by atoms with van der Waals surface area (Å²) in [6, 6.07) is 6.30. The first-order chi connectivity index (χ1) is 17.9. The first-order valence-electron chi connectivity index (χ1n) is 12.4. The van der Waals surface area contributed by atoms with Gasteiger partial charge in [0.15, 0.2) is 5.13 Å². The van der Waals surface area contributed by atoms with Gasteiger partial charge in [-0.05, 0) is 37.5 Å². The molecule has 3 N–H and O–H groups in total. The van der Waals surface area contributed by atoms with Crippen LogP contribution in [0.15, 0.2) is 30.5 Å². The predicted molar refractivity (Wildman–Crippen MR) is 143 cm³/mol. The van der Waals surface area contributed by atoms with Crippen molar-refractivity contribution in [1.82, 2.24) is 19.7 Å². The Morgan fingerprint density at radius 2 is 1.92 bits per heavy atom. The minimum Gasteiger partial charge on any atom is -0.506 e. The number of thiazole rings is 1. The Hall–Kier alpha value is -2.70. The molecule has 2 amide bonds. The van der Waals surface area contributed by atoms with Gasteiger partial charge >= 0.3 is 6.03 Å². The SMILES string of the molecule is CC1(c2cc(NC(=O)Nc3ncc(CCN4CCOCC4)s3)n(-c3ccc(O)c(Cl)c3)n2)CCOCC1. The van der Waals surface area contributed by atoms with Crippen LogP contribution in [0.25, 0.3) is 5.69 Å². The highest BCUT2D eigenvalue weighted by Crippen LogP contribution is 2.36. The van der Waals surface area contributed by atoms with E-state index in [2.05, 4.69) is 27.4 Å². The summed E-state index contributed by atoms with van der Waals surface area (Å²) in [5, 5.41) is 21.2. The molecule has 0 atom stereocenters. The number of amides is 2. The van der Waals surface area contributed by atoms with Gasteiger partial charge in [-0.3, -0.25) is 15.5 Å². The van der Waals surface area contributed by atoms with Crippen LogP contribution in [0.5, 0.6) is 5.75 Å². The van der Waals surface area contributed by atoms with Gasteiger partial charge < -0.3 is 14.6 Å². The molecule has 10 nitrogen and oxygen atoms in total. The Kier molecular flexibility index (Phi) is 7.96. The number of ether oxygens (including phenoxy) is 2. The Balaban J connectivity index is 1.30. The number of rotatable bonds is 7. The van der Waals surface area contributed by atoms with Crippen molar-refractivity contribution in [2.24, 2.45) is 0 Å². The fourth-order valence-corrected chi connectivity index (χ4v) is 5.46. The third-order valence-corrected chi connectivity index (χ3v) is 8.17. The number of carbonyl (C=O) groups is 1. The molecule has 0 saturated carbocycles. The summed E-state index contributed by atoms with van der Waals surface area (Å²) in [6.07, 6.45) is 4.35. The summed E-state index contributed by atoms with van der Waals surface area (Å²) in [7, 11) is 0. The minimum atomic E-state index is -0.413. The Morgan fingerprint density at radius 1 is 1.16 bits per heavy atom. The van der Waals surface area contributed by atoms with Gasteiger partial charge in [-0.25, -0.2) is 14.5 Å². The number of anilines is 2. The van der Waals surface area contributed by atoms with Crippen LogP contribution in [0.3, 0.4) is 0 Å². The number of phenols is 1. The lowest BCUT2D eigenvalue weighted by Crippen LogP contribution is -2.37. The molecule has 4 heterocycles. The average molecular weight is 547 g/mol. The number of morpholine rings is 1. The van der Waals surface area contributed by atoms with E-state index in [4.69, 9.17) is 26.2 Å². The van der Waals surface area contributed by atoms with E-state index in [0.29, 0.717) is 29.9 Å². The lowest BCUT2D eigenvalue weighted by Gasteiger charge is -2.31. The number of urea groups is 1. The molecule has 2 fully saturated rings. The third kappa shape index (κ3) is 6.24. The number of benzene rings is 1. The second-order valence-electron chi connectivity index (χ2n) is 9.55. The third-order valence-electron chi connectivity index (χ3n) is 6.89. The molecule has 37 heavy (non-hydrogen) atoms. The van der Waals surface area contributed by atoms with Gasteiger partial charge in [0.05, 0.1) is 29.6 Å². The lowest BCUT2D eigenvalue weighted by atomic mass is 9.79. The van der Waals surface area contributed by atoms with Crippen LogP contribution in [0, 0.1) is 0 Å². The summed E-state index contributed by atoms with van der Waals surface area (Å²) in [6.45, 7) is 7.86. The van der Waals surface area contributed by atoms with E-state index in [1.165, 1.54) is 17.4 Å². The monoisotopic (exact) mass is 546 g/mol. The number of carbonyl (C=O) groups excluding carboxylic acids is 1. The number of halogens is 1. The second kappa shape index (κ2) is 11.4. The number of aromatic hydroxyl groups is 1. The normalized spacial score (nSPS) is 18.0. The van der Waals surface area contributed by atoms with Crippen molar-refractivity contribution in [2.45, 2.75) is 31.6 Å². The molecule has 5 rings (SSSR count). The number of hydrogen-bond donors (Lipinski definition) is 3. The van der Waals surface area contributed by atoms with Crippen LogP contribution in [0.1, 0.15) is 30.3 Å². The molecular formula is C25H31ClN6O4S. The lowest BCUT2D eigenvalue weighted by molar-refractivity contribution is 0.0385. The number of nitrogens with one attached hydrogen (secondary N) is 2. The molecular weight excluding hydrogens is 516 g/mol. The first-order valence-corrected chi connectivity index (χ1v) is 13.6. The zero-order chi connectivity index (χ0) is 25.8. The van der Waals surface area contributed by atoms with Crippen molar-refractivity contribution < 1.29 is 19.4 Å². The molecule has 12 heteroatoms. The smallest absolute Gasteiger partial charge is 0.326 e. The van der Waals surface area contributed by atoms with Gasteiger partial charge in [0.2, 0.25) is 0 Å². The fourth-order valence-electron chi connectivity index (χ4n) is 4.49. The van der Waals surface area contributed by atoms with Crippen molar-refractivity contribution in [2.75, 3.05) is 56.7 Å². The van der Waals surface area contributed by atoms with E-state index in [1.807, 2.05) is 12.3 Å². The highest BCUT2D eigenvalue weighted by molar-refractivity contribution is 7.15. The largest absolute Gasteiger partial charge is 0.506 e. The molecule has 2 aliphatic rings. The Labute approximate surface area is 224 Å². The molecule has 0 unspecified atom stereocenters. The van der Waals surface area contributed by atoms with Crippen LogP contribution in [-0.4, -0.2) is 76.9 Å². The number of phenolic OH excluding ortho intramolecular Hbond substituents is 1. The average Bonchev–Trinajstić information content (AvgIpc) is 3.53. The molecule has 0 spiro atoms. The highest BCUT2D eigenvalue weighted by atomic mass is 35.5. The van der Waals surface area contributed by atoms with Crippen molar-refractivity contribution in [3.8, 4) is 11.4 Å². The number of nitrogens with zero attached hydrogens (tertiary/aromatic N) is 4. The fraction of sp³-hybridized carbons (Fsp3) is 0.480. The molecule has 1 aromatic carbocycles. The molecule has 198 valence electrons. The van der Waals surface area contributed by atoms with Crippen LogP contribution >= 0.6 is 22.9 Å². The topological polar surface area (TPSA) is 114 Å². The van der Waals surface area contributed by atoms with Crippen LogP contribution in [-0.2, 0) is 21.3 Å². The molecule has 2 aliphatic heterocycles. The summed E-state index contributed by atoms with van der Waals surface area (Å²) < 4.78 is 12.6. The Bertz CT molecular complexity index is 1240. The van der Waals surface area contributed by atoms with Crippen LogP contribution < -0.4 is 10.6 Å². The van der Waals surface area contributed by atoms with Gasteiger partial charge in [-0.15, -0.1) is 11.3 Å². The van der Waals surface area contributed by atoms with Gasteiger partial charge in [0.1, 0.15) is 11.6 Å². The van der Waals surface area contributed by atoms with Gasteiger partial charge in [0.25, 0.3) is 0 Å². The summed E-state index contributed by atoms with van der Waals surface area (Å²) in [5.74, 6) is 0.473. The summed E-state index contributed by atoms with van der Waals surface area (Å²) in [4.78, 5) is 20.8. The molecule has 3 aromatic rings. The summed E-state index contributed by atoms with van der Waals surface area (Å²) >= 11 is 7.64. The van der Waals surface area contributed by atoms with Crippen LogP contribution in [0.4, 0.5) is 15.7 Å². The minimum absolute atomic E-state index is 0.0189. The van der Waals surface area contributed by atoms with Crippen molar-refractivity contribution in [3.05, 3.63) is 46.1 Å². The molecule has 0 bridgehead atoms. The zero-order valence-electron chi connectivity index (χ0n) is 20.7. The molecule has 2 saturated heterocycles. The maximum Gasteiger partial charge on any atom is 0.326 e.